The molecular formula is C27H28Cl2N2. The van der Waals surface area contributed by atoms with Crippen molar-refractivity contribution in [3.63, 3.8) is 0 Å². The molecule has 31 heavy (non-hydrogen) atoms. The number of hydrogen-bond acceptors (Lipinski definition) is 2. The van der Waals surface area contributed by atoms with E-state index in [1.54, 1.807) is 0 Å². The summed E-state index contributed by atoms with van der Waals surface area (Å²) >= 11 is 12.7. The average Bonchev–Trinajstić information content (AvgIpc) is 3.26. The van der Waals surface area contributed by atoms with E-state index in [9.17, 15) is 0 Å². The molecule has 0 saturated carbocycles. The maximum absolute atomic E-state index is 6.53. The van der Waals surface area contributed by atoms with Gasteiger partial charge in [0.05, 0.1) is 0 Å². The Morgan fingerprint density at radius 3 is 2.16 bits per heavy atom. The van der Waals surface area contributed by atoms with Gasteiger partial charge in [-0.3, -0.25) is 9.80 Å². The van der Waals surface area contributed by atoms with Crippen molar-refractivity contribution < 1.29 is 0 Å². The number of nitrogens with zero attached hydrogens (tertiary/aromatic N) is 2. The third-order valence-electron chi connectivity index (χ3n) is 6.87. The summed E-state index contributed by atoms with van der Waals surface area (Å²) in [5.74, 6) is 0.353. The first-order valence-electron chi connectivity index (χ1n) is 11.2. The molecule has 0 bridgehead atoms. The third kappa shape index (κ3) is 4.54. The highest BCUT2D eigenvalue weighted by Crippen LogP contribution is 2.38. The highest BCUT2D eigenvalue weighted by atomic mass is 35.5. The maximum Gasteiger partial charge on any atom is 0.0465 e. The van der Waals surface area contributed by atoms with Crippen LogP contribution >= 0.6 is 23.2 Å². The number of benzene rings is 3. The molecule has 3 aromatic rings. The Balaban J connectivity index is 1.48. The van der Waals surface area contributed by atoms with Gasteiger partial charge in [0, 0.05) is 47.7 Å². The van der Waals surface area contributed by atoms with Gasteiger partial charge in [-0.15, -0.1) is 0 Å². The Morgan fingerprint density at radius 1 is 0.839 bits per heavy atom. The van der Waals surface area contributed by atoms with Crippen molar-refractivity contribution in [2.75, 3.05) is 19.6 Å². The first-order chi connectivity index (χ1) is 15.2. The monoisotopic (exact) mass is 450 g/mol. The van der Waals surface area contributed by atoms with E-state index in [4.69, 9.17) is 23.2 Å². The van der Waals surface area contributed by atoms with Gasteiger partial charge in [-0.2, -0.15) is 0 Å². The molecule has 3 aromatic carbocycles. The molecule has 2 aliphatic heterocycles. The summed E-state index contributed by atoms with van der Waals surface area (Å²) in [6.45, 7) is 4.20. The van der Waals surface area contributed by atoms with E-state index in [0.29, 0.717) is 23.0 Å². The Morgan fingerprint density at radius 2 is 1.52 bits per heavy atom. The fraction of sp³-hybridized carbons (Fsp3) is 0.333. The van der Waals surface area contributed by atoms with Crippen molar-refractivity contribution >= 4 is 23.2 Å². The van der Waals surface area contributed by atoms with Crippen LogP contribution in [0.25, 0.3) is 0 Å². The first-order valence-corrected chi connectivity index (χ1v) is 12.0. The highest BCUT2D eigenvalue weighted by molar-refractivity contribution is 6.35. The lowest BCUT2D eigenvalue weighted by Gasteiger charge is -2.47. The van der Waals surface area contributed by atoms with Crippen LogP contribution < -0.4 is 0 Å². The van der Waals surface area contributed by atoms with Crippen LogP contribution in [0.2, 0.25) is 10.0 Å². The predicted octanol–water partition coefficient (Wildman–Crippen LogP) is 6.47. The van der Waals surface area contributed by atoms with Crippen LogP contribution in [-0.2, 0) is 6.54 Å². The average molecular weight is 451 g/mol. The van der Waals surface area contributed by atoms with Crippen LogP contribution in [0.3, 0.4) is 0 Å². The second kappa shape index (κ2) is 9.34. The summed E-state index contributed by atoms with van der Waals surface area (Å²) in [6.07, 6.45) is 2.56. The number of halogens is 2. The largest absolute Gasteiger partial charge is 0.296 e. The van der Waals surface area contributed by atoms with E-state index in [1.165, 1.54) is 30.5 Å². The van der Waals surface area contributed by atoms with E-state index < -0.39 is 0 Å². The molecule has 160 valence electrons. The van der Waals surface area contributed by atoms with Gasteiger partial charge in [0.25, 0.3) is 0 Å². The smallest absolute Gasteiger partial charge is 0.0465 e. The van der Waals surface area contributed by atoms with E-state index in [0.717, 1.165) is 30.2 Å². The second-order valence-electron chi connectivity index (χ2n) is 8.83. The molecule has 0 N–H and O–H groups in total. The Labute approximate surface area is 195 Å². The lowest BCUT2D eigenvalue weighted by Crippen LogP contribution is -2.57. The predicted molar refractivity (Wildman–Crippen MR) is 130 cm³/mol. The van der Waals surface area contributed by atoms with Crippen molar-refractivity contribution in [3.8, 4) is 0 Å². The van der Waals surface area contributed by atoms with Crippen molar-refractivity contribution in [1.82, 2.24) is 9.80 Å². The van der Waals surface area contributed by atoms with Crippen LogP contribution in [-0.4, -0.2) is 41.5 Å². The second-order valence-corrected chi connectivity index (χ2v) is 9.67. The minimum absolute atomic E-state index is 0.353. The zero-order chi connectivity index (χ0) is 21.2. The first kappa shape index (κ1) is 21.0. The van der Waals surface area contributed by atoms with Gasteiger partial charge in [0.2, 0.25) is 0 Å². The number of hydrogen-bond donors (Lipinski definition) is 0. The van der Waals surface area contributed by atoms with Crippen LogP contribution in [0.15, 0.2) is 78.9 Å². The standard InChI is InChI=1S/C27H28Cl2N2/c28-23-14-13-22(25(29)16-23)17-30-18-24-12-7-15-31(24)26(19-30)27(20-8-3-1-4-9-20)21-10-5-2-6-11-21/h1-6,8-11,13-14,16,24,26-27H,7,12,15,17-19H2/t24-,26-/m0/s1. The molecule has 0 spiro atoms. The minimum atomic E-state index is 0.353. The van der Waals surface area contributed by atoms with Crippen molar-refractivity contribution in [3.05, 3.63) is 106 Å². The molecule has 2 nitrogen and oxygen atoms in total. The molecule has 2 atom stereocenters. The Kier molecular flexibility index (Phi) is 6.34. The van der Waals surface area contributed by atoms with Crippen LogP contribution in [0.1, 0.15) is 35.4 Å². The van der Waals surface area contributed by atoms with Crippen molar-refractivity contribution in [1.29, 1.82) is 0 Å². The summed E-state index contributed by atoms with van der Waals surface area (Å²) in [5, 5.41) is 1.46. The zero-order valence-electron chi connectivity index (χ0n) is 17.6. The van der Waals surface area contributed by atoms with Crippen molar-refractivity contribution in [2.45, 2.75) is 37.4 Å². The van der Waals surface area contributed by atoms with E-state index in [1.807, 2.05) is 12.1 Å². The molecule has 2 aliphatic rings. The van der Waals surface area contributed by atoms with Gasteiger partial charge < -0.3 is 0 Å². The van der Waals surface area contributed by atoms with E-state index in [-0.39, 0.29) is 0 Å². The molecule has 0 aromatic heterocycles. The summed E-state index contributed by atoms with van der Waals surface area (Å²) < 4.78 is 0. The molecule has 4 heteroatoms. The van der Waals surface area contributed by atoms with Crippen LogP contribution in [0, 0.1) is 0 Å². The Bertz CT molecular complexity index is 969. The number of piperazine rings is 1. The van der Waals surface area contributed by atoms with E-state index >= 15 is 0 Å². The van der Waals surface area contributed by atoms with E-state index in [2.05, 4.69) is 76.5 Å². The molecule has 0 aliphatic carbocycles. The van der Waals surface area contributed by atoms with Gasteiger partial charge in [0.1, 0.15) is 0 Å². The lowest BCUT2D eigenvalue weighted by atomic mass is 9.82. The molecule has 0 radical (unpaired) electrons. The van der Waals surface area contributed by atoms with Gasteiger partial charge in [0.15, 0.2) is 0 Å². The molecule has 0 amide bonds. The normalized spacial score (nSPS) is 22.0. The lowest BCUT2D eigenvalue weighted by molar-refractivity contribution is 0.0384. The fourth-order valence-electron chi connectivity index (χ4n) is 5.51. The quantitative estimate of drug-likeness (QED) is 0.439. The highest BCUT2D eigenvalue weighted by Gasteiger charge is 2.41. The summed E-state index contributed by atoms with van der Waals surface area (Å²) in [6, 6.07) is 29.0. The van der Waals surface area contributed by atoms with Crippen LogP contribution in [0.4, 0.5) is 0 Å². The molecule has 2 fully saturated rings. The SMILES string of the molecule is Clc1ccc(CN2C[C@@H]3CCCN3[C@H](C(c3ccccc3)c3ccccc3)C2)c(Cl)c1. The molecule has 2 heterocycles. The fourth-order valence-corrected chi connectivity index (χ4v) is 5.98. The van der Waals surface area contributed by atoms with Crippen LogP contribution in [0.5, 0.6) is 0 Å². The zero-order valence-corrected chi connectivity index (χ0v) is 19.1. The summed E-state index contributed by atoms with van der Waals surface area (Å²) in [5.41, 5.74) is 3.96. The minimum Gasteiger partial charge on any atom is -0.296 e. The number of fused-ring (bicyclic) bond motifs is 1. The maximum atomic E-state index is 6.53. The summed E-state index contributed by atoms with van der Waals surface area (Å²) in [7, 11) is 0. The molecule has 0 unspecified atom stereocenters. The topological polar surface area (TPSA) is 6.48 Å². The molecule has 2 saturated heterocycles. The Hall–Kier alpha value is -1.84. The van der Waals surface area contributed by atoms with Gasteiger partial charge >= 0.3 is 0 Å². The van der Waals surface area contributed by atoms with Gasteiger partial charge in [-0.05, 0) is 48.2 Å². The summed E-state index contributed by atoms with van der Waals surface area (Å²) in [4.78, 5) is 5.38. The van der Waals surface area contributed by atoms with Gasteiger partial charge in [-0.25, -0.2) is 0 Å². The van der Waals surface area contributed by atoms with Crippen molar-refractivity contribution in [2.24, 2.45) is 0 Å². The number of rotatable bonds is 5. The molecule has 5 rings (SSSR count). The van der Waals surface area contributed by atoms with Gasteiger partial charge in [-0.1, -0.05) is 89.9 Å². The third-order valence-corrected chi connectivity index (χ3v) is 7.46. The molecular weight excluding hydrogens is 423 g/mol.